The van der Waals surface area contributed by atoms with Crippen LogP contribution in [0.1, 0.15) is 5.56 Å². The van der Waals surface area contributed by atoms with Gasteiger partial charge in [0.15, 0.2) is 0 Å². The molecule has 9 heteroatoms. The molecule has 0 bridgehead atoms. The van der Waals surface area contributed by atoms with Crippen LogP contribution < -0.4 is 0 Å². The molecule has 0 aliphatic carbocycles. The summed E-state index contributed by atoms with van der Waals surface area (Å²) in [4.78, 5) is -0.408. The van der Waals surface area contributed by atoms with Gasteiger partial charge >= 0.3 is 0 Å². The highest BCUT2D eigenvalue weighted by molar-refractivity contribution is 8.25. The fraction of sp³-hybridized carbons (Fsp3) is 0.167. The van der Waals surface area contributed by atoms with Crippen molar-refractivity contribution in [3.05, 3.63) is 53.8 Å². The second kappa shape index (κ2) is 5.74. The Balaban J connectivity index is 3.72. The zero-order valence-electron chi connectivity index (χ0n) is 11.1. The second-order valence-electron chi connectivity index (χ2n) is 4.16. The summed E-state index contributed by atoms with van der Waals surface area (Å²) in [7, 11) is -13.9. The van der Waals surface area contributed by atoms with E-state index in [4.69, 9.17) is 0 Å². The predicted molar refractivity (Wildman–Crippen MR) is 80.4 cm³/mol. The molecule has 1 aromatic carbocycles. The molecule has 0 heterocycles. The first kappa shape index (κ1) is 17.6. The van der Waals surface area contributed by atoms with Crippen LogP contribution in [0.3, 0.4) is 0 Å². The zero-order chi connectivity index (χ0) is 16.5. The Morgan fingerprint density at radius 3 is 1.57 bits per heavy atom. The number of aryl methyl sites for hydroxylation is 1. The van der Waals surface area contributed by atoms with Crippen molar-refractivity contribution in [3.63, 3.8) is 0 Å². The first-order valence-corrected chi connectivity index (χ1v) is 10.3. The maximum absolute atomic E-state index is 12.4. The van der Waals surface area contributed by atoms with Crippen molar-refractivity contribution in [2.45, 2.75) is 15.7 Å². The van der Waals surface area contributed by atoms with Gasteiger partial charge in [-0.3, -0.25) is 0 Å². The van der Waals surface area contributed by atoms with Gasteiger partial charge in [0.25, 0.3) is 3.91 Å². The summed E-state index contributed by atoms with van der Waals surface area (Å²) in [6.07, 6.45) is 0. The smallest absolute Gasteiger partial charge is 0.222 e. The van der Waals surface area contributed by atoms with E-state index >= 15 is 0 Å². The Bertz CT molecular complexity index is 821. The zero-order valence-corrected chi connectivity index (χ0v) is 13.6. The summed E-state index contributed by atoms with van der Waals surface area (Å²) in [6, 6.07) is 5.17. The van der Waals surface area contributed by atoms with E-state index < -0.39 is 38.3 Å². The molecule has 0 saturated carbocycles. The minimum atomic E-state index is -4.68. The van der Waals surface area contributed by atoms with E-state index in [2.05, 4.69) is 13.2 Å². The molecule has 0 radical (unpaired) electrons. The standard InChI is InChI=1S/C12H14O6S3/c1-4-19(13,14)12(20(15,16)5-2)21(17,18)11-8-6-10(3)7-9-11/h4-9,12H,1-2H2,3H3. The van der Waals surface area contributed by atoms with Gasteiger partial charge in [-0.05, 0) is 19.1 Å². The number of benzene rings is 1. The van der Waals surface area contributed by atoms with Crippen LogP contribution in [0.15, 0.2) is 53.1 Å². The van der Waals surface area contributed by atoms with E-state index in [0.29, 0.717) is 10.8 Å². The Labute approximate surface area is 124 Å². The van der Waals surface area contributed by atoms with Crippen molar-refractivity contribution in [1.29, 1.82) is 0 Å². The van der Waals surface area contributed by atoms with Crippen molar-refractivity contribution in [3.8, 4) is 0 Å². The molecule has 0 aromatic heterocycles. The average Bonchev–Trinajstić information content (AvgIpc) is 2.38. The SMILES string of the molecule is C=CS(=O)(=O)C(S(=O)(=O)C=C)S(=O)(=O)c1ccc(C)cc1. The molecule has 0 aliphatic heterocycles. The van der Waals surface area contributed by atoms with Crippen molar-refractivity contribution >= 4 is 29.5 Å². The molecule has 0 atom stereocenters. The van der Waals surface area contributed by atoms with Gasteiger partial charge in [0.05, 0.1) is 4.90 Å². The quantitative estimate of drug-likeness (QED) is 0.763. The van der Waals surface area contributed by atoms with Crippen LogP contribution in [0.5, 0.6) is 0 Å². The molecule has 6 nitrogen and oxygen atoms in total. The molecule has 21 heavy (non-hydrogen) atoms. The van der Waals surface area contributed by atoms with Crippen LogP contribution in [0.4, 0.5) is 0 Å². The minimum Gasteiger partial charge on any atom is -0.222 e. The number of hydrogen-bond donors (Lipinski definition) is 0. The third-order valence-electron chi connectivity index (χ3n) is 2.60. The molecule has 0 amide bonds. The summed E-state index contributed by atoms with van der Waals surface area (Å²) in [5.41, 5.74) is 0.739. The van der Waals surface area contributed by atoms with Crippen LogP contribution in [-0.2, 0) is 29.5 Å². The summed E-state index contributed by atoms with van der Waals surface area (Å²) < 4.78 is 69.6. The lowest BCUT2D eigenvalue weighted by molar-refractivity contribution is 0.579. The van der Waals surface area contributed by atoms with E-state index in [9.17, 15) is 25.3 Å². The number of sulfone groups is 3. The molecular formula is C12H14O6S3. The third-order valence-corrected chi connectivity index (χ3v) is 10.8. The summed E-state index contributed by atoms with van der Waals surface area (Å²) >= 11 is 0. The predicted octanol–water partition coefficient (Wildman–Crippen LogP) is 1.17. The van der Waals surface area contributed by atoms with E-state index in [1.807, 2.05) is 0 Å². The summed E-state index contributed by atoms with van der Waals surface area (Å²) in [5, 5.41) is 0.620. The second-order valence-corrected chi connectivity index (χ2v) is 11.1. The first-order valence-electron chi connectivity index (χ1n) is 5.52. The van der Waals surface area contributed by atoms with Crippen molar-refractivity contribution in [2.75, 3.05) is 0 Å². The largest absolute Gasteiger partial charge is 0.274 e. The maximum Gasteiger partial charge on any atom is 0.274 e. The van der Waals surface area contributed by atoms with Crippen LogP contribution in [-0.4, -0.2) is 29.2 Å². The monoisotopic (exact) mass is 350 g/mol. The van der Waals surface area contributed by atoms with E-state index in [1.165, 1.54) is 12.1 Å². The van der Waals surface area contributed by atoms with Gasteiger partial charge in [0.1, 0.15) is 0 Å². The van der Waals surface area contributed by atoms with E-state index in [0.717, 1.165) is 17.7 Å². The summed E-state index contributed by atoms with van der Waals surface area (Å²) in [6.45, 7) is 7.65. The number of hydrogen-bond acceptors (Lipinski definition) is 6. The molecule has 1 rings (SSSR count). The highest BCUT2D eigenvalue weighted by Gasteiger charge is 2.46. The Morgan fingerprint density at radius 1 is 0.857 bits per heavy atom. The molecule has 0 unspecified atom stereocenters. The van der Waals surface area contributed by atoms with Crippen LogP contribution in [0.25, 0.3) is 0 Å². The first-order chi connectivity index (χ1) is 9.49. The molecule has 0 saturated heterocycles. The minimum absolute atomic E-state index is 0.310. The third kappa shape index (κ3) is 3.42. The molecule has 0 spiro atoms. The van der Waals surface area contributed by atoms with Crippen molar-refractivity contribution in [1.82, 2.24) is 0 Å². The molecule has 1 aromatic rings. The molecule has 0 N–H and O–H groups in total. The lowest BCUT2D eigenvalue weighted by Gasteiger charge is -2.15. The van der Waals surface area contributed by atoms with Crippen LogP contribution >= 0.6 is 0 Å². The Hall–Kier alpha value is -1.45. The Kier molecular flexibility index (Phi) is 4.81. The van der Waals surface area contributed by atoms with Gasteiger partial charge in [-0.1, -0.05) is 30.9 Å². The van der Waals surface area contributed by atoms with Gasteiger partial charge in [-0.25, -0.2) is 25.3 Å². The molecular weight excluding hydrogens is 336 g/mol. The molecule has 0 aliphatic rings. The lowest BCUT2D eigenvalue weighted by Crippen LogP contribution is -2.35. The van der Waals surface area contributed by atoms with Gasteiger partial charge in [-0.2, -0.15) is 0 Å². The van der Waals surface area contributed by atoms with Crippen molar-refractivity contribution < 1.29 is 25.3 Å². The molecule has 116 valence electrons. The van der Waals surface area contributed by atoms with E-state index in [1.54, 1.807) is 6.92 Å². The number of rotatable bonds is 6. The van der Waals surface area contributed by atoms with Gasteiger partial charge in [-0.15, -0.1) is 0 Å². The fourth-order valence-electron chi connectivity index (χ4n) is 1.54. The maximum atomic E-state index is 12.4. The van der Waals surface area contributed by atoms with E-state index in [-0.39, 0.29) is 0 Å². The topological polar surface area (TPSA) is 102 Å². The van der Waals surface area contributed by atoms with Crippen molar-refractivity contribution in [2.24, 2.45) is 0 Å². The van der Waals surface area contributed by atoms with Gasteiger partial charge in [0, 0.05) is 10.8 Å². The fourth-order valence-corrected chi connectivity index (χ4v) is 8.52. The molecule has 0 fully saturated rings. The average molecular weight is 350 g/mol. The highest BCUT2D eigenvalue weighted by Crippen LogP contribution is 2.26. The normalized spacial score (nSPS) is 13.0. The van der Waals surface area contributed by atoms with Gasteiger partial charge < -0.3 is 0 Å². The lowest BCUT2D eigenvalue weighted by atomic mass is 10.2. The van der Waals surface area contributed by atoms with Crippen LogP contribution in [0.2, 0.25) is 0 Å². The van der Waals surface area contributed by atoms with Crippen LogP contribution in [0, 0.1) is 6.92 Å². The Morgan fingerprint density at radius 2 is 1.24 bits per heavy atom. The summed E-state index contributed by atoms with van der Waals surface area (Å²) in [5.74, 6) is 0. The highest BCUT2D eigenvalue weighted by atomic mass is 32.3. The van der Waals surface area contributed by atoms with Gasteiger partial charge in [0.2, 0.25) is 29.5 Å².